The van der Waals surface area contributed by atoms with Crippen LogP contribution in [-0.2, 0) is 0 Å². The monoisotopic (exact) mass is 334 g/mol. The molecule has 0 atom stereocenters. The van der Waals surface area contributed by atoms with Crippen molar-refractivity contribution < 1.29 is 4.79 Å². The minimum absolute atomic E-state index is 0.250. The van der Waals surface area contributed by atoms with Gasteiger partial charge in [-0.2, -0.15) is 0 Å². The zero-order chi connectivity index (χ0) is 14.7. The van der Waals surface area contributed by atoms with Crippen LogP contribution in [-0.4, -0.2) is 10.9 Å². The summed E-state index contributed by atoms with van der Waals surface area (Å²) in [6.07, 6.45) is 1.64. The van der Waals surface area contributed by atoms with Crippen molar-refractivity contribution in [1.82, 2.24) is 4.98 Å². The number of pyridine rings is 1. The summed E-state index contributed by atoms with van der Waals surface area (Å²) >= 11 is 3.34. The number of nitrogens with two attached hydrogens (primary N) is 1. The number of carbonyl (C=O) groups is 1. The summed E-state index contributed by atoms with van der Waals surface area (Å²) in [5, 5.41) is 2.79. The average molecular weight is 335 g/mol. The molecule has 1 aromatic heterocycles. The molecule has 4 N–H and O–H groups in total. The van der Waals surface area contributed by atoms with E-state index in [-0.39, 0.29) is 5.91 Å². The highest BCUT2D eigenvalue weighted by Gasteiger charge is 2.13. The van der Waals surface area contributed by atoms with E-state index in [1.165, 1.54) is 0 Å². The van der Waals surface area contributed by atoms with E-state index in [0.717, 1.165) is 15.6 Å². The van der Waals surface area contributed by atoms with Crippen molar-refractivity contribution in [3.63, 3.8) is 0 Å². The Morgan fingerprint density at radius 1 is 1.30 bits per heavy atom. The number of benzene rings is 1. The van der Waals surface area contributed by atoms with Gasteiger partial charge < -0.3 is 10.7 Å². The van der Waals surface area contributed by atoms with Gasteiger partial charge in [-0.25, -0.2) is 4.98 Å². The molecule has 2 aromatic rings. The minimum atomic E-state index is -0.250. The van der Waals surface area contributed by atoms with Crippen LogP contribution in [0.2, 0.25) is 0 Å². The van der Waals surface area contributed by atoms with Crippen molar-refractivity contribution in [2.45, 2.75) is 13.8 Å². The van der Waals surface area contributed by atoms with E-state index in [2.05, 4.69) is 31.7 Å². The number of nitrogens with one attached hydrogen (secondary N) is 2. The van der Waals surface area contributed by atoms with Gasteiger partial charge in [-0.15, -0.1) is 0 Å². The van der Waals surface area contributed by atoms with Gasteiger partial charge in [0.2, 0.25) is 0 Å². The maximum absolute atomic E-state index is 12.3. The third-order valence-corrected chi connectivity index (χ3v) is 3.29. The van der Waals surface area contributed by atoms with Gasteiger partial charge in [0.15, 0.2) is 0 Å². The van der Waals surface area contributed by atoms with Crippen molar-refractivity contribution >= 4 is 33.3 Å². The van der Waals surface area contributed by atoms with E-state index in [1.54, 1.807) is 18.3 Å². The molecule has 6 heteroatoms. The number of nitrogen functional groups attached to an aromatic ring is 1. The molecular formula is C14H15BrN4O. The van der Waals surface area contributed by atoms with Crippen molar-refractivity contribution in [3.8, 4) is 0 Å². The number of aryl methyl sites for hydroxylation is 2. The molecule has 0 saturated heterocycles. The number of carbonyl (C=O) groups excluding carboxylic acids is 1. The molecule has 0 bridgehead atoms. The predicted octanol–water partition coefficient (Wildman–Crippen LogP) is 3.00. The quantitative estimate of drug-likeness (QED) is 0.595. The second-order valence-electron chi connectivity index (χ2n) is 4.47. The summed E-state index contributed by atoms with van der Waals surface area (Å²) in [5.41, 5.74) is 5.44. The Labute approximate surface area is 125 Å². The largest absolute Gasteiger partial charge is 0.323 e. The SMILES string of the molecule is Cc1ccc(NN)c(C(=O)Nc2ncc(Br)cc2C)c1. The van der Waals surface area contributed by atoms with Crippen molar-refractivity contribution in [2.24, 2.45) is 5.84 Å². The number of rotatable bonds is 3. The second kappa shape index (κ2) is 6.02. The molecule has 2 rings (SSSR count). The average Bonchev–Trinajstić information content (AvgIpc) is 2.41. The molecule has 0 fully saturated rings. The van der Waals surface area contributed by atoms with E-state index < -0.39 is 0 Å². The summed E-state index contributed by atoms with van der Waals surface area (Å²) in [6.45, 7) is 3.80. The highest BCUT2D eigenvalue weighted by Crippen LogP contribution is 2.20. The number of hydrogen-bond donors (Lipinski definition) is 3. The van der Waals surface area contributed by atoms with Crippen molar-refractivity contribution in [3.05, 3.63) is 51.6 Å². The maximum Gasteiger partial charge on any atom is 0.258 e. The maximum atomic E-state index is 12.3. The van der Waals surface area contributed by atoms with Crippen LogP contribution in [0.3, 0.4) is 0 Å². The van der Waals surface area contributed by atoms with Crippen LogP contribution < -0.4 is 16.6 Å². The van der Waals surface area contributed by atoms with Gasteiger partial charge in [0.25, 0.3) is 5.91 Å². The Morgan fingerprint density at radius 3 is 2.70 bits per heavy atom. The zero-order valence-electron chi connectivity index (χ0n) is 11.2. The Balaban J connectivity index is 2.30. The number of halogens is 1. The van der Waals surface area contributed by atoms with Gasteiger partial charge in [0.1, 0.15) is 5.82 Å². The first-order chi connectivity index (χ1) is 9.51. The number of aromatic nitrogens is 1. The van der Waals surface area contributed by atoms with E-state index in [1.807, 2.05) is 26.0 Å². The summed E-state index contributed by atoms with van der Waals surface area (Å²) in [5.74, 6) is 5.71. The van der Waals surface area contributed by atoms with Crippen LogP contribution in [0.5, 0.6) is 0 Å². The molecule has 0 aliphatic carbocycles. The molecule has 0 unspecified atom stereocenters. The third-order valence-electron chi connectivity index (χ3n) is 2.85. The topological polar surface area (TPSA) is 80.0 Å². The van der Waals surface area contributed by atoms with E-state index in [4.69, 9.17) is 5.84 Å². The molecule has 0 aliphatic rings. The van der Waals surface area contributed by atoms with Gasteiger partial charge in [0, 0.05) is 10.7 Å². The van der Waals surface area contributed by atoms with Gasteiger partial charge >= 0.3 is 0 Å². The number of anilines is 2. The Hall–Kier alpha value is -1.92. The van der Waals surface area contributed by atoms with Crippen LogP contribution in [0.4, 0.5) is 11.5 Å². The van der Waals surface area contributed by atoms with Crippen LogP contribution >= 0.6 is 15.9 Å². The zero-order valence-corrected chi connectivity index (χ0v) is 12.8. The fraction of sp³-hybridized carbons (Fsp3) is 0.143. The van der Waals surface area contributed by atoms with Crippen LogP contribution in [0, 0.1) is 13.8 Å². The molecule has 1 aromatic carbocycles. The summed E-state index contributed by atoms with van der Waals surface area (Å²) in [6, 6.07) is 7.32. The van der Waals surface area contributed by atoms with Crippen LogP contribution in [0.15, 0.2) is 34.9 Å². The number of hydrazine groups is 1. The Kier molecular flexibility index (Phi) is 4.36. The summed E-state index contributed by atoms with van der Waals surface area (Å²) < 4.78 is 0.868. The van der Waals surface area contributed by atoms with E-state index >= 15 is 0 Å². The fourth-order valence-corrected chi connectivity index (χ4v) is 2.26. The Bertz CT molecular complexity index is 658. The molecule has 1 amide bonds. The molecule has 104 valence electrons. The Morgan fingerprint density at radius 2 is 2.05 bits per heavy atom. The highest BCUT2D eigenvalue weighted by molar-refractivity contribution is 9.10. The molecule has 0 spiro atoms. The number of amides is 1. The molecule has 5 nitrogen and oxygen atoms in total. The first kappa shape index (κ1) is 14.5. The highest BCUT2D eigenvalue weighted by atomic mass is 79.9. The molecule has 1 heterocycles. The third kappa shape index (κ3) is 3.15. The molecule has 0 radical (unpaired) electrons. The van der Waals surface area contributed by atoms with E-state index in [0.29, 0.717) is 17.1 Å². The summed E-state index contributed by atoms with van der Waals surface area (Å²) in [4.78, 5) is 16.5. The molecule has 0 aliphatic heterocycles. The first-order valence-corrected chi connectivity index (χ1v) is 6.81. The smallest absolute Gasteiger partial charge is 0.258 e. The molecule has 20 heavy (non-hydrogen) atoms. The van der Waals surface area contributed by atoms with Crippen LogP contribution in [0.1, 0.15) is 21.5 Å². The van der Waals surface area contributed by atoms with Crippen molar-refractivity contribution in [1.29, 1.82) is 0 Å². The van der Waals surface area contributed by atoms with Gasteiger partial charge in [-0.3, -0.25) is 10.6 Å². The lowest BCUT2D eigenvalue weighted by atomic mass is 10.1. The normalized spacial score (nSPS) is 10.2. The number of hydrogen-bond acceptors (Lipinski definition) is 4. The lowest BCUT2D eigenvalue weighted by molar-refractivity contribution is 0.102. The minimum Gasteiger partial charge on any atom is -0.323 e. The van der Waals surface area contributed by atoms with Gasteiger partial charge in [0.05, 0.1) is 11.3 Å². The lowest BCUT2D eigenvalue weighted by Gasteiger charge is -2.11. The lowest BCUT2D eigenvalue weighted by Crippen LogP contribution is -2.18. The second-order valence-corrected chi connectivity index (χ2v) is 5.38. The number of nitrogens with zero attached hydrogens (tertiary/aromatic N) is 1. The predicted molar refractivity (Wildman–Crippen MR) is 83.6 cm³/mol. The first-order valence-electron chi connectivity index (χ1n) is 6.02. The molecular weight excluding hydrogens is 320 g/mol. The standard InChI is InChI=1S/C14H15BrN4O/c1-8-3-4-12(19-16)11(5-8)14(20)18-13-9(2)6-10(15)7-17-13/h3-7,19H,16H2,1-2H3,(H,17,18,20). The van der Waals surface area contributed by atoms with Gasteiger partial charge in [-0.05, 0) is 53.5 Å². The fourth-order valence-electron chi connectivity index (χ4n) is 1.82. The van der Waals surface area contributed by atoms with Crippen LogP contribution in [0.25, 0.3) is 0 Å². The van der Waals surface area contributed by atoms with Crippen molar-refractivity contribution in [2.75, 3.05) is 10.7 Å². The van der Waals surface area contributed by atoms with Gasteiger partial charge in [-0.1, -0.05) is 11.6 Å². The summed E-state index contributed by atoms with van der Waals surface area (Å²) in [7, 11) is 0. The molecule has 0 saturated carbocycles. The van der Waals surface area contributed by atoms with E-state index in [9.17, 15) is 4.79 Å².